The van der Waals surface area contributed by atoms with Crippen molar-refractivity contribution in [2.45, 2.75) is 12.6 Å². The highest BCUT2D eigenvalue weighted by atomic mass is 16.3. The van der Waals surface area contributed by atoms with Crippen molar-refractivity contribution in [3.8, 4) is 0 Å². The summed E-state index contributed by atoms with van der Waals surface area (Å²) in [6.45, 7) is -0.162. The number of benzene rings is 2. The number of aliphatic hydroxyl groups excluding tert-OH is 1. The molecule has 25 heavy (non-hydrogen) atoms. The van der Waals surface area contributed by atoms with Crippen molar-refractivity contribution in [2.75, 3.05) is 6.61 Å². The average Bonchev–Trinajstić information content (AvgIpc) is 3.12. The third-order valence-corrected chi connectivity index (χ3v) is 3.80. The topological polar surface area (TPSA) is 107 Å². The van der Waals surface area contributed by atoms with Gasteiger partial charge in [0, 0.05) is 12.1 Å². The molecule has 7 heteroatoms. The van der Waals surface area contributed by atoms with Gasteiger partial charge >= 0.3 is 0 Å². The summed E-state index contributed by atoms with van der Waals surface area (Å²) < 4.78 is 0. The van der Waals surface area contributed by atoms with Gasteiger partial charge in [-0.25, -0.2) is 4.98 Å². The molecule has 3 aromatic rings. The summed E-state index contributed by atoms with van der Waals surface area (Å²) in [5.74, 6) is -0.882. The Morgan fingerprint density at radius 3 is 2.72 bits per heavy atom. The van der Waals surface area contributed by atoms with Crippen LogP contribution in [0.3, 0.4) is 0 Å². The van der Waals surface area contributed by atoms with Crippen molar-refractivity contribution in [2.24, 2.45) is 0 Å². The van der Waals surface area contributed by atoms with Crippen LogP contribution in [0.4, 0.5) is 0 Å². The molecule has 0 aliphatic carbocycles. The van der Waals surface area contributed by atoms with E-state index in [1.165, 1.54) is 0 Å². The molecular weight excluding hydrogens is 320 g/mol. The van der Waals surface area contributed by atoms with Crippen molar-refractivity contribution in [1.29, 1.82) is 0 Å². The number of amides is 2. The molecule has 7 nitrogen and oxygen atoms in total. The fourth-order valence-corrected chi connectivity index (χ4v) is 2.42. The minimum absolute atomic E-state index is 0.326. The molecule has 1 atom stereocenters. The molecule has 1 heterocycles. The van der Waals surface area contributed by atoms with Gasteiger partial charge in [-0.05, 0) is 23.8 Å². The van der Waals surface area contributed by atoms with E-state index in [1.54, 1.807) is 24.5 Å². The third-order valence-electron chi connectivity index (χ3n) is 3.80. The van der Waals surface area contributed by atoms with E-state index in [0.717, 1.165) is 16.6 Å². The van der Waals surface area contributed by atoms with E-state index in [1.807, 2.05) is 30.3 Å². The third kappa shape index (κ3) is 4.02. The molecule has 0 bridgehead atoms. The second-order valence-electron chi connectivity index (χ2n) is 5.55. The fourth-order valence-electron chi connectivity index (χ4n) is 2.42. The van der Waals surface area contributed by atoms with E-state index in [4.69, 9.17) is 0 Å². The lowest BCUT2D eigenvalue weighted by Crippen LogP contribution is -2.48. The lowest BCUT2D eigenvalue weighted by atomic mass is 10.1. The molecule has 0 radical (unpaired) electrons. The Labute approximate surface area is 144 Å². The maximum atomic E-state index is 12.3. The van der Waals surface area contributed by atoms with Gasteiger partial charge in [-0.2, -0.15) is 0 Å². The zero-order valence-corrected chi connectivity index (χ0v) is 13.4. The molecule has 0 aliphatic heterocycles. The second-order valence-corrected chi connectivity index (χ2v) is 5.55. The largest absolute Gasteiger partial charge is 0.394 e. The van der Waals surface area contributed by atoms with Gasteiger partial charge in [0.15, 0.2) is 0 Å². The molecule has 1 aromatic heterocycles. The van der Waals surface area contributed by atoms with Crippen LogP contribution in [-0.2, 0) is 11.3 Å². The zero-order valence-electron chi connectivity index (χ0n) is 13.4. The van der Waals surface area contributed by atoms with E-state index in [0.29, 0.717) is 12.1 Å². The van der Waals surface area contributed by atoms with Crippen LogP contribution in [0.15, 0.2) is 54.9 Å². The first-order valence-corrected chi connectivity index (χ1v) is 7.84. The highest BCUT2D eigenvalue weighted by Gasteiger charge is 2.20. The number of nitrogens with zero attached hydrogens (tertiary/aromatic N) is 1. The highest BCUT2D eigenvalue weighted by Crippen LogP contribution is 2.11. The van der Waals surface area contributed by atoms with E-state index in [-0.39, 0.29) is 0 Å². The molecule has 3 rings (SSSR count). The summed E-state index contributed by atoms with van der Waals surface area (Å²) in [4.78, 5) is 31.5. The quantitative estimate of drug-likeness (QED) is 0.537. The lowest BCUT2D eigenvalue weighted by Gasteiger charge is -2.16. The Hall–Kier alpha value is -3.19. The Morgan fingerprint density at radius 2 is 1.96 bits per heavy atom. The summed E-state index contributed by atoms with van der Waals surface area (Å²) in [5.41, 5.74) is 2.78. The van der Waals surface area contributed by atoms with Crippen LogP contribution in [-0.4, -0.2) is 39.5 Å². The van der Waals surface area contributed by atoms with Crippen molar-refractivity contribution in [3.63, 3.8) is 0 Å². The van der Waals surface area contributed by atoms with Crippen LogP contribution in [0.2, 0.25) is 0 Å². The number of H-pyrrole nitrogens is 1. The van der Waals surface area contributed by atoms with Gasteiger partial charge in [0.25, 0.3) is 5.91 Å². The average molecular weight is 338 g/mol. The zero-order chi connectivity index (χ0) is 17.6. The SMILES string of the molecule is O=C(N[C@@H](CO)C(=O)NCc1ccccc1)c1ccc2nc[nH]c2c1. The standard InChI is InChI=1S/C18H18N4O3/c23-10-16(18(25)19-9-12-4-2-1-3-5-12)22-17(24)13-6-7-14-15(8-13)21-11-20-14/h1-8,11,16,23H,9-10H2,(H,19,25)(H,20,21)(H,22,24)/t16-/m0/s1. The maximum Gasteiger partial charge on any atom is 0.252 e. The number of rotatable bonds is 6. The number of aromatic nitrogens is 2. The van der Waals surface area contributed by atoms with Crippen LogP contribution in [0.1, 0.15) is 15.9 Å². The Bertz CT molecular complexity index is 876. The molecule has 2 amide bonds. The molecular formula is C18H18N4O3. The van der Waals surface area contributed by atoms with Crippen molar-refractivity contribution >= 4 is 22.8 Å². The number of imidazole rings is 1. The molecule has 2 aromatic carbocycles. The van der Waals surface area contributed by atoms with Crippen LogP contribution in [0.5, 0.6) is 0 Å². The van der Waals surface area contributed by atoms with Crippen LogP contribution in [0, 0.1) is 0 Å². The number of hydrogen-bond donors (Lipinski definition) is 4. The number of aromatic amines is 1. The van der Waals surface area contributed by atoms with Crippen molar-refractivity contribution in [3.05, 3.63) is 66.0 Å². The Kier molecular flexibility index (Phi) is 5.06. The van der Waals surface area contributed by atoms with E-state index in [2.05, 4.69) is 20.6 Å². The van der Waals surface area contributed by atoms with Gasteiger partial charge in [0.1, 0.15) is 6.04 Å². The second kappa shape index (κ2) is 7.59. The first kappa shape index (κ1) is 16.7. The number of hydrogen-bond acceptors (Lipinski definition) is 4. The van der Waals surface area contributed by atoms with Crippen LogP contribution >= 0.6 is 0 Å². The first-order chi connectivity index (χ1) is 12.2. The van der Waals surface area contributed by atoms with Gasteiger partial charge in [0.05, 0.1) is 24.0 Å². The van der Waals surface area contributed by atoms with Gasteiger partial charge in [-0.3, -0.25) is 9.59 Å². The van der Waals surface area contributed by atoms with Crippen molar-refractivity contribution < 1.29 is 14.7 Å². The van der Waals surface area contributed by atoms with Gasteiger partial charge in [-0.1, -0.05) is 30.3 Å². The molecule has 0 fully saturated rings. The van der Waals surface area contributed by atoms with Gasteiger partial charge < -0.3 is 20.7 Å². The van der Waals surface area contributed by atoms with Gasteiger partial charge in [0.2, 0.25) is 5.91 Å². The fraction of sp³-hybridized carbons (Fsp3) is 0.167. The van der Waals surface area contributed by atoms with Crippen LogP contribution in [0.25, 0.3) is 11.0 Å². The molecule has 0 saturated heterocycles. The number of carbonyl (C=O) groups excluding carboxylic acids is 2. The summed E-state index contributed by atoms with van der Waals surface area (Å²) in [6.07, 6.45) is 1.54. The molecule has 4 N–H and O–H groups in total. The predicted octanol–water partition coefficient (Wildman–Crippen LogP) is 0.970. The van der Waals surface area contributed by atoms with Crippen LogP contribution < -0.4 is 10.6 Å². The summed E-state index contributed by atoms with van der Waals surface area (Å²) in [5, 5.41) is 14.7. The minimum Gasteiger partial charge on any atom is -0.394 e. The number of aliphatic hydroxyl groups is 1. The van der Waals surface area contributed by atoms with E-state index >= 15 is 0 Å². The predicted molar refractivity (Wildman–Crippen MR) is 92.7 cm³/mol. The minimum atomic E-state index is -1.02. The molecule has 128 valence electrons. The Balaban J connectivity index is 1.62. The molecule has 0 saturated carbocycles. The number of fused-ring (bicyclic) bond motifs is 1. The number of carbonyl (C=O) groups is 2. The van der Waals surface area contributed by atoms with E-state index in [9.17, 15) is 14.7 Å². The van der Waals surface area contributed by atoms with E-state index < -0.39 is 24.5 Å². The maximum absolute atomic E-state index is 12.3. The molecule has 0 aliphatic rings. The Morgan fingerprint density at radius 1 is 1.16 bits per heavy atom. The molecule has 0 spiro atoms. The smallest absolute Gasteiger partial charge is 0.252 e. The first-order valence-electron chi connectivity index (χ1n) is 7.84. The van der Waals surface area contributed by atoms with Crippen molar-refractivity contribution in [1.82, 2.24) is 20.6 Å². The normalized spacial score (nSPS) is 11.9. The molecule has 0 unspecified atom stereocenters. The summed E-state index contributed by atoms with van der Waals surface area (Å²) >= 11 is 0. The summed E-state index contributed by atoms with van der Waals surface area (Å²) in [7, 11) is 0. The monoisotopic (exact) mass is 338 g/mol. The van der Waals surface area contributed by atoms with Gasteiger partial charge in [-0.15, -0.1) is 0 Å². The summed E-state index contributed by atoms with van der Waals surface area (Å²) in [6, 6.07) is 13.4. The lowest BCUT2D eigenvalue weighted by molar-refractivity contribution is -0.124. The number of nitrogens with one attached hydrogen (secondary N) is 3. The highest BCUT2D eigenvalue weighted by molar-refractivity contribution is 5.99.